The van der Waals surface area contributed by atoms with E-state index in [4.69, 9.17) is 5.11 Å². The molecule has 0 saturated carbocycles. The maximum Gasteiger partial charge on any atom is 0.271 e. The number of nitrogens with one attached hydrogen (secondary N) is 1. The number of aliphatic hydroxyl groups is 1. The Morgan fingerprint density at radius 2 is 2.54 bits per heavy atom. The van der Waals surface area contributed by atoms with Crippen LogP contribution in [0.2, 0.25) is 0 Å². The SMILES string of the molecule is Cc1cc(C(=O)NCC(C)O)ns1. The quantitative estimate of drug-likeness (QED) is 0.749. The van der Waals surface area contributed by atoms with Crippen molar-refractivity contribution in [1.82, 2.24) is 9.69 Å². The van der Waals surface area contributed by atoms with Gasteiger partial charge in [0, 0.05) is 11.4 Å². The minimum atomic E-state index is -0.524. The Kier molecular flexibility index (Phi) is 3.39. The number of aryl methyl sites for hydroxylation is 1. The molecular formula is C8H12N2O2S. The molecule has 13 heavy (non-hydrogen) atoms. The fraction of sp³-hybridized carbons (Fsp3) is 0.500. The lowest BCUT2D eigenvalue weighted by Gasteiger charge is -2.04. The topological polar surface area (TPSA) is 62.2 Å². The summed E-state index contributed by atoms with van der Waals surface area (Å²) >= 11 is 1.29. The molecule has 1 atom stereocenters. The number of aromatic nitrogens is 1. The summed E-state index contributed by atoms with van der Waals surface area (Å²) < 4.78 is 3.94. The summed E-state index contributed by atoms with van der Waals surface area (Å²) in [7, 11) is 0. The summed E-state index contributed by atoms with van der Waals surface area (Å²) in [6, 6.07) is 1.72. The van der Waals surface area contributed by atoms with Crippen LogP contribution in [0.15, 0.2) is 6.07 Å². The first-order valence-electron chi connectivity index (χ1n) is 3.99. The Labute approximate surface area is 80.8 Å². The van der Waals surface area contributed by atoms with Crippen LogP contribution in [-0.4, -0.2) is 28.0 Å². The molecule has 2 N–H and O–H groups in total. The minimum Gasteiger partial charge on any atom is -0.392 e. The van der Waals surface area contributed by atoms with Crippen LogP contribution in [0.25, 0.3) is 0 Å². The molecule has 5 heteroatoms. The average Bonchev–Trinajstić information content (AvgIpc) is 2.47. The fourth-order valence-corrected chi connectivity index (χ4v) is 1.35. The zero-order valence-electron chi connectivity index (χ0n) is 7.57. The molecule has 72 valence electrons. The van der Waals surface area contributed by atoms with Gasteiger partial charge in [-0.25, -0.2) is 0 Å². The van der Waals surface area contributed by atoms with Gasteiger partial charge in [0.2, 0.25) is 0 Å². The van der Waals surface area contributed by atoms with Crippen molar-refractivity contribution < 1.29 is 9.90 Å². The van der Waals surface area contributed by atoms with Gasteiger partial charge < -0.3 is 10.4 Å². The maximum atomic E-state index is 11.3. The molecule has 0 fully saturated rings. The highest BCUT2D eigenvalue weighted by atomic mass is 32.1. The van der Waals surface area contributed by atoms with Gasteiger partial charge in [-0.3, -0.25) is 4.79 Å². The van der Waals surface area contributed by atoms with E-state index in [0.717, 1.165) is 4.88 Å². The van der Waals surface area contributed by atoms with Crippen LogP contribution in [0, 0.1) is 6.92 Å². The molecule has 0 bridgehead atoms. The molecular weight excluding hydrogens is 188 g/mol. The highest BCUT2D eigenvalue weighted by molar-refractivity contribution is 7.05. The van der Waals surface area contributed by atoms with Gasteiger partial charge in [-0.2, -0.15) is 4.37 Å². The van der Waals surface area contributed by atoms with Crippen molar-refractivity contribution in [2.75, 3.05) is 6.54 Å². The molecule has 0 radical (unpaired) electrons. The summed E-state index contributed by atoms with van der Waals surface area (Å²) in [6.45, 7) is 3.77. The Balaban J connectivity index is 2.49. The lowest BCUT2D eigenvalue weighted by molar-refractivity contribution is 0.0920. The molecule has 1 aromatic heterocycles. The normalized spacial score (nSPS) is 12.5. The summed E-state index contributed by atoms with van der Waals surface area (Å²) in [5.74, 6) is -0.231. The second-order valence-corrected chi connectivity index (χ2v) is 3.89. The minimum absolute atomic E-state index is 0.231. The predicted molar refractivity (Wildman–Crippen MR) is 50.9 cm³/mol. The highest BCUT2D eigenvalue weighted by Crippen LogP contribution is 2.07. The number of carbonyl (C=O) groups excluding carboxylic acids is 1. The van der Waals surface area contributed by atoms with E-state index in [1.165, 1.54) is 11.5 Å². The average molecular weight is 200 g/mol. The van der Waals surface area contributed by atoms with Crippen LogP contribution in [0.5, 0.6) is 0 Å². The van der Waals surface area contributed by atoms with Gasteiger partial charge in [0.1, 0.15) is 5.69 Å². The van der Waals surface area contributed by atoms with E-state index in [0.29, 0.717) is 5.69 Å². The second kappa shape index (κ2) is 4.34. The summed E-state index contributed by atoms with van der Waals surface area (Å²) in [6.07, 6.45) is -0.524. The first-order valence-corrected chi connectivity index (χ1v) is 4.76. The van der Waals surface area contributed by atoms with Crippen molar-refractivity contribution in [3.05, 3.63) is 16.6 Å². The molecule has 1 aromatic rings. The molecule has 1 heterocycles. The van der Waals surface area contributed by atoms with E-state index in [1.807, 2.05) is 6.92 Å². The fourth-order valence-electron chi connectivity index (χ4n) is 0.804. The van der Waals surface area contributed by atoms with Crippen LogP contribution in [-0.2, 0) is 0 Å². The molecule has 0 aliphatic rings. The van der Waals surface area contributed by atoms with E-state index >= 15 is 0 Å². The van der Waals surface area contributed by atoms with Gasteiger partial charge in [0.25, 0.3) is 5.91 Å². The zero-order chi connectivity index (χ0) is 9.84. The van der Waals surface area contributed by atoms with Crippen molar-refractivity contribution in [3.8, 4) is 0 Å². The molecule has 1 amide bonds. The molecule has 0 saturated heterocycles. The highest BCUT2D eigenvalue weighted by Gasteiger charge is 2.09. The molecule has 1 rings (SSSR count). The Hall–Kier alpha value is -0.940. The van der Waals surface area contributed by atoms with Gasteiger partial charge in [-0.05, 0) is 31.4 Å². The van der Waals surface area contributed by atoms with E-state index in [-0.39, 0.29) is 12.5 Å². The van der Waals surface area contributed by atoms with Crippen LogP contribution >= 0.6 is 11.5 Å². The third kappa shape index (κ3) is 3.12. The van der Waals surface area contributed by atoms with E-state index < -0.39 is 6.10 Å². The van der Waals surface area contributed by atoms with Gasteiger partial charge in [-0.1, -0.05) is 0 Å². The maximum absolute atomic E-state index is 11.3. The van der Waals surface area contributed by atoms with Gasteiger partial charge in [0.15, 0.2) is 0 Å². The van der Waals surface area contributed by atoms with Crippen molar-refractivity contribution in [1.29, 1.82) is 0 Å². The smallest absolute Gasteiger partial charge is 0.271 e. The van der Waals surface area contributed by atoms with Crippen LogP contribution in [0.4, 0.5) is 0 Å². The van der Waals surface area contributed by atoms with Crippen molar-refractivity contribution in [2.45, 2.75) is 20.0 Å². The number of hydrogen-bond donors (Lipinski definition) is 2. The summed E-state index contributed by atoms with van der Waals surface area (Å²) in [4.78, 5) is 12.3. The Bertz CT molecular complexity index is 296. The van der Waals surface area contributed by atoms with Crippen molar-refractivity contribution in [3.63, 3.8) is 0 Å². The standard InChI is InChI=1S/C8H12N2O2S/c1-5(11)4-9-8(12)7-3-6(2)13-10-7/h3,5,11H,4H2,1-2H3,(H,9,12). The van der Waals surface area contributed by atoms with E-state index in [1.54, 1.807) is 13.0 Å². The number of carbonyl (C=O) groups is 1. The lowest BCUT2D eigenvalue weighted by atomic mass is 10.3. The predicted octanol–water partition coefficient (Wildman–Crippen LogP) is 0.562. The second-order valence-electron chi connectivity index (χ2n) is 2.88. The number of rotatable bonds is 3. The molecule has 0 aromatic carbocycles. The van der Waals surface area contributed by atoms with Crippen LogP contribution in [0.3, 0.4) is 0 Å². The molecule has 4 nitrogen and oxygen atoms in total. The third-order valence-electron chi connectivity index (χ3n) is 1.42. The number of hydrogen-bond acceptors (Lipinski definition) is 4. The largest absolute Gasteiger partial charge is 0.392 e. The molecule has 0 spiro atoms. The number of amides is 1. The molecule has 0 aliphatic heterocycles. The first kappa shape index (κ1) is 10.1. The number of aliphatic hydroxyl groups excluding tert-OH is 1. The summed E-state index contributed by atoms with van der Waals surface area (Å²) in [5.41, 5.74) is 0.420. The van der Waals surface area contributed by atoms with Crippen LogP contribution < -0.4 is 5.32 Å². The number of nitrogens with zero attached hydrogens (tertiary/aromatic N) is 1. The van der Waals surface area contributed by atoms with E-state index in [9.17, 15) is 4.79 Å². The van der Waals surface area contributed by atoms with Crippen molar-refractivity contribution in [2.24, 2.45) is 0 Å². The van der Waals surface area contributed by atoms with Gasteiger partial charge in [0.05, 0.1) is 6.10 Å². The Morgan fingerprint density at radius 3 is 3.00 bits per heavy atom. The first-order chi connectivity index (χ1) is 6.09. The van der Waals surface area contributed by atoms with Gasteiger partial charge in [-0.15, -0.1) is 0 Å². The monoisotopic (exact) mass is 200 g/mol. The lowest BCUT2D eigenvalue weighted by Crippen LogP contribution is -2.30. The summed E-state index contributed by atoms with van der Waals surface area (Å²) in [5, 5.41) is 11.5. The molecule has 1 unspecified atom stereocenters. The van der Waals surface area contributed by atoms with Crippen LogP contribution in [0.1, 0.15) is 22.3 Å². The zero-order valence-corrected chi connectivity index (χ0v) is 8.39. The Morgan fingerprint density at radius 1 is 1.85 bits per heavy atom. The van der Waals surface area contributed by atoms with E-state index in [2.05, 4.69) is 9.69 Å². The molecule has 0 aliphatic carbocycles. The van der Waals surface area contributed by atoms with Gasteiger partial charge >= 0.3 is 0 Å². The van der Waals surface area contributed by atoms with Crippen molar-refractivity contribution >= 4 is 17.4 Å². The third-order valence-corrected chi connectivity index (χ3v) is 2.11.